The Kier molecular flexibility index (Phi) is 6.20. The number of urea groups is 1. The summed E-state index contributed by atoms with van der Waals surface area (Å²) in [6, 6.07) is 0.799. The summed E-state index contributed by atoms with van der Waals surface area (Å²) in [5, 5.41) is 1.47. The quantitative estimate of drug-likeness (QED) is 0.465. The summed E-state index contributed by atoms with van der Waals surface area (Å²) in [5.74, 6) is 0. The van der Waals surface area contributed by atoms with Gasteiger partial charge < -0.3 is 9.33 Å². The summed E-state index contributed by atoms with van der Waals surface area (Å²) in [5.41, 5.74) is 2.28. The first-order chi connectivity index (χ1) is 11.9. The molecule has 2 atom stereocenters. The highest BCUT2D eigenvalue weighted by molar-refractivity contribution is 6.71. The molecule has 0 aliphatic carbocycles. The SMILES string of the molecule is C=CCON1C(=O)N2C[C@H]1C(C(=C)C)=C[C@H]2CO[Si](C)(C)CC(C)(C)C. The molecule has 0 aromatic carbocycles. The number of carbonyl (C=O) groups excluding carboxylic acids is 1. The van der Waals surface area contributed by atoms with E-state index in [4.69, 9.17) is 9.26 Å². The summed E-state index contributed by atoms with van der Waals surface area (Å²) in [6.07, 6.45) is 3.78. The summed E-state index contributed by atoms with van der Waals surface area (Å²) < 4.78 is 6.38. The lowest BCUT2D eigenvalue weighted by molar-refractivity contribution is -0.109. The molecule has 2 rings (SSSR count). The average molecular weight is 379 g/mol. The number of hydrogen-bond acceptors (Lipinski definition) is 3. The summed E-state index contributed by atoms with van der Waals surface area (Å²) >= 11 is 0. The van der Waals surface area contributed by atoms with E-state index in [9.17, 15) is 4.79 Å². The van der Waals surface area contributed by atoms with Crippen LogP contribution in [0.25, 0.3) is 0 Å². The van der Waals surface area contributed by atoms with Gasteiger partial charge in [-0.25, -0.2) is 4.79 Å². The first kappa shape index (κ1) is 20.9. The van der Waals surface area contributed by atoms with Crippen molar-refractivity contribution in [1.82, 2.24) is 9.96 Å². The van der Waals surface area contributed by atoms with Crippen LogP contribution in [-0.4, -0.2) is 56.2 Å². The highest BCUT2D eigenvalue weighted by atomic mass is 28.4. The third-order valence-corrected chi connectivity index (χ3v) is 7.50. The third kappa shape index (κ3) is 4.87. The molecule has 5 nitrogen and oxygen atoms in total. The van der Waals surface area contributed by atoms with E-state index < -0.39 is 8.32 Å². The minimum Gasteiger partial charge on any atom is -0.415 e. The van der Waals surface area contributed by atoms with Crippen molar-refractivity contribution in [3.05, 3.63) is 36.5 Å². The minimum absolute atomic E-state index is 0.0745. The van der Waals surface area contributed by atoms with E-state index in [0.29, 0.717) is 19.8 Å². The first-order valence-corrected chi connectivity index (χ1v) is 12.4. The van der Waals surface area contributed by atoms with E-state index in [-0.39, 0.29) is 23.5 Å². The summed E-state index contributed by atoms with van der Waals surface area (Å²) in [7, 11) is -1.81. The number of hydrogen-bond donors (Lipinski definition) is 0. The van der Waals surface area contributed by atoms with Crippen molar-refractivity contribution >= 4 is 14.3 Å². The molecule has 0 spiro atoms. The van der Waals surface area contributed by atoms with Crippen molar-refractivity contribution in [1.29, 1.82) is 0 Å². The Labute approximate surface area is 159 Å². The van der Waals surface area contributed by atoms with Gasteiger partial charge >= 0.3 is 6.03 Å². The fourth-order valence-corrected chi connectivity index (χ4v) is 7.27. The first-order valence-electron chi connectivity index (χ1n) is 9.30. The predicted molar refractivity (Wildman–Crippen MR) is 108 cm³/mol. The number of amides is 2. The van der Waals surface area contributed by atoms with Gasteiger partial charge in [-0.15, -0.1) is 6.58 Å². The van der Waals surface area contributed by atoms with E-state index in [1.54, 1.807) is 6.08 Å². The van der Waals surface area contributed by atoms with Crippen LogP contribution in [0.15, 0.2) is 36.5 Å². The largest absolute Gasteiger partial charge is 0.415 e. The smallest absolute Gasteiger partial charge is 0.345 e. The Hall–Kier alpha value is -1.37. The minimum atomic E-state index is -1.81. The molecule has 2 heterocycles. The van der Waals surface area contributed by atoms with Crippen molar-refractivity contribution < 1.29 is 14.1 Å². The number of hydroxylamine groups is 2. The highest BCUT2D eigenvalue weighted by Crippen LogP contribution is 2.34. The van der Waals surface area contributed by atoms with Crippen LogP contribution in [0.3, 0.4) is 0 Å². The number of fused-ring (bicyclic) bond motifs is 2. The lowest BCUT2D eigenvalue weighted by Crippen LogP contribution is -2.45. The molecule has 1 fully saturated rings. The van der Waals surface area contributed by atoms with Gasteiger partial charge in [0.25, 0.3) is 0 Å². The van der Waals surface area contributed by atoms with Crippen molar-refractivity contribution in [2.24, 2.45) is 5.41 Å². The second-order valence-electron chi connectivity index (χ2n) is 9.14. The van der Waals surface area contributed by atoms with Gasteiger partial charge in [0.05, 0.1) is 25.8 Å². The number of nitrogens with zero attached hydrogens (tertiary/aromatic N) is 2. The maximum atomic E-state index is 12.8. The molecule has 2 bridgehead atoms. The molecule has 146 valence electrons. The van der Waals surface area contributed by atoms with Gasteiger partial charge in [0.2, 0.25) is 0 Å². The second kappa shape index (κ2) is 7.70. The molecule has 0 aromatic heterocycles. The number of rotatable bonds is 8. The molecule has 0 N–H and O–H groups in total. The molecule has 2 amide bonds. The maximum Gasteiger partial charge on any atom is 0.345 e. The lowest BCUT2D eigenvalue weighted by Gasteiger charge is -2.34. The Bertz CT molecular complexity index is 607. The molecule has 1 saturated heterocycles. The monoisotopic (exact) mass is 378 g/mol. The van der Waals surface area contributed by atoms with Crippen molar-refractivity contribution in [3.8, 4) is 0 Å². The molecule has 0 aromatic rings. The molecule has 0 radical (unpaired) electrons. The maximum absolute atomic E-state index is 12.8. The fourth-order valence-electron chi connectivity index (χ4n) is 3.99. The van der Waals surface area contributed by atoms with Crippen LogP contribution in [0.1, 0.15) is 27.7 Å². The Morgan fingerprint density at radius 1 is 1.42 bits per heavy atom. The molecule has 0 saturated carbocycles. The molecule has 2 aliphatic rings. The zero-order valence-electron chi connectivity index (χ0n) is 17.2. The number of carbonyl (C=O) groups is 1. The standard InChI is InChI=1S/C20H34N2O3Si/c1-9-10-24-22-18-12-21(19(22)23)16(11-17(18)15(2)3)13-25-26(7,8)14-20(4,5)6/h9,11,16,18H,1-2,10,12-14H2,3-8H3/t16-,18-/m0/s1. The van der Waals surface area contributed by atoms with Crippen LogP contribution in [0.4, 0.5) is 4.79 Å². The van der Waals surface area contributed by atoms with E-state index in [2.05, 4.69) is 53.1 Å². The van der Waals surface area contributed by atoms with Crippen LogP contribution >= 0.6 is 0 Å². The van der Waals surface area contributed by atoms with Gasteiger partial charge in [0, 0.05) is 0 Å². The second-order valence-corrected chi connectivity index (χ2v) is 13.3. The highest BCUT2D eigenvalue weighted by Gasteiger charge is 2.47. The molecule has 2 aliphatic heterocycles. The lowest BCUT2D eigenvalue weighted by atomic mass is 9.95. The van der Waals surface area contributed by atoms with E-state index >= 15 is 0 Å². The fraction of sp³-hybridized carbons (Fsp3) is 0.650. The van der Waals surface area contributed by atoms with E-state index in [1.807, 2.05) is 11.8 Å². The third-order valence-electron chi connectivity index (χ3n) is 4.64. The van der Waals surface area contributed by atoms with E-state index in [1.165, 1.54) is 5.06 Å². The predicted octanol–water partition coefficient (Wildman–Crippen LogP) is 4.36. The normalized spacial score (nSPS) is 23.3. The summed E-state index contributed by atoms with van der Waals surface area (Å²) in [4.78, 5) is 20.3. The zero-order valence-corrected chi connectivity index (χ0v) is 18.2. The zero-order chi connectivity index (χ0) is 19.7. The van der Waals surface area contributed by atoms with Gasteiger partial charge in [0.1, 0.15) is 6.04 Å². The van der Waals surface area contributed by atoms with Gasteiger partial charge in [0.15, 0.2) is 8.32 Å². The Morgan fingerprint density at radius 2 is 2.08 bits per heavy atom. The summed E-state index contributed by atoms with van der Waals surface area (Å²) in [6.45, 7) is 22.4. The van der Waals surface area contributed by atoms with Crippen molar-refractivity contribution in [2.75, 3.05) is 19.8 Å². The molecule has 6 heteroatoms. The molecular weight excluding hydrogens is 344 g/mol. The molecular formula is C20H34N2O3Si. The topological polar surface area (TPSA) is 42.0 Å². The van der Waals surface area contributed by atoms with Crippen LogP contribution in [0, 0.1) is 5.41 Å². The van der Waals surface area contributed by atoms with Crippen molar-refractivity contribution in [2.45, 2.75) is 58.9 Å². The Morgan fingerprint density at radius 3 is 2.62 bits per heavy atom. The van der Waals surface area contributed by atoms with E-state index in [0.717, 1.165) is 17.2 Å². The van der Waals surface area contributed by atoms with Crippen LogP contribution in [0.5, 0.6) is 0 Å². The van der Waals surface area contributed by atoms with Gasteiger partial charge in [-0.3, -0.25) is 4.84 Å². The van der Waals surface area contributed by atoms with Crippen LogP contribution in [0.2, 0.25) is 19.1 Å². The van der Waals surface area contributed by atoms with Crippen LogP contribution in [-0.2, 0) is 9.26 Å². The van der Waals surface area contributed by atoms with Gasteiger partial charge in [-0.1, -0.05) is 45.1 Å². The Balaban J connectivity index is 2.15. The molecule has 0 unspecified atom stereocenters. The van der Waals surface area contributed by atoms with Gasteiger partial charge in [-0.05, 0) is 37.0 Å². The molecule has 26 heavy (non-hydrogen) atoms. The van der Waals surface area contributed by atoms with Crippen LogP contribution < -0.4 is 0 Å². The van der Waals surface area contributed by atoms with Crippen molar-refractivity contribution in [3.63, 3.8) is 0 Å². The van der Waals surface area contributed by atoms with Gasteiger partial charge in [-0.2, -0.15) is 5.06 Å². The average Bonchev–Trinajstić information content (AvgIpc) is 2.75.